The van der Waals surface area contributed by atoms with Crippen LogP contribution in [0.5, 0.6) is 0 Å². The zero-order chi connectivity index (χ0) is 13.1. The van der Waals surface area contributed by atoms with Crippen molar-refractivity contribution < 1.29 is 4.42 Å². The lowest BCUT2D eigenvalue weighted by Gasteiger charge is -2.03. The monoisotopic (exact) mass is 274 g/mol. The van der Waals surface area contributed by atoms with Gasteiger partial charge in [0, 0.05) is 10.6 Å². The average molecular weight is 275 g/mol. The number of furan rings is 1. The Balaban J connectivity index is 1.70. The van der Waals surface area contributed by atoms with Crippen molar-refractivity contribution in [1.29, 1.82) is 0 Å². The topological polar surface area (TPSA) is 55.9 Å². The van der Waals surface area contributed by atoms with E-state index >= 15 is 0 Å². The Morgan fingerprint density at radius 2 is 1.79 bits per heavy atom. The van der Waals surface area contributed by atoms with Crippen LogP contribution >= 0.6 is 11.6 Å². The van der Waals surface area contributed by atoms with Crippen molar-refractivity contribution in [2.75, 3.05) is 5.43 Å². The number of hydrogen-bond donors (Lipinski definition) is 1. The number of aromatic nitrogens is 3. The molecule has 0 unspecified atom stereocenters. The molecule has 1 N–H and O–H groups in total. The zero-order valence-corrected chi connectivity index (χ0v) is 10.7. The van der Waals surface area contributed by atoms with Gasteiger partial charge >= 0.3 is 0 Å². The fraction of sp³-hybridized carbons (Fsp3) is 0.0769. The summed E-state index contributed by atoms with van der Waals surface area (Å²) in [6.07, 6.45) is 3.17. The predicted octanol–water partition coefficient (Wildman–Crippen LogP) is 2.94. The van der Waals surface area contributed by atoms with E-state index in [9.17, 15) is 0 Å². The molecule has 2 heterocycles. The summed E-state index contributed by atoms with van der Waals surface area (Å²) in [4.78, 5) is 0. The summed E-state index contributed by atoms with van der Waals surface area (Å²) >= 11 is 5.86. The van der Waals surface area contributed by atoms with Crippen molar-refractivity contribution in [3.63, 3.8) is 0 Å². The summed E-state index contributed by atoms with van der Waals surface area (Å²) in [5.41, 5.74) is 4.09. The van der Waals surface area contributed by atoms with Gasteiger partial charge in [0.1, 0.15) is 24.2 Å². The normalized spacial score (nSPS) is 10.6. The van der Waals surface area contributed by atoms with Gasteiger partial charge in [-0.25, -0.2) is 4.68 Å². The molecule has 0 spiro atoms. The van der Waals surface area contributed by atoms with Crippen molar-refractivity contribution in [3.8, 4) is 11.3 Å². The fourth-order valence-corrected chi connectivity index (χ4v) is 1.82. The van der Waals surface area contributed by atoms with Gasteiger partial charge in [-0.1, -0.05) is 11.6 Å². The highest BCUT2D eigenvalue weighted by molar-refractivity contribution is 6.30. The van der Waals surface area contributed by atoms with Crippen LogP contribution in [0.15, 0.2) is 53.5 Å². The Bertz CT molecular complexity index is 646. The summed E-state index contributed by atoms with van der Waals surface area (Å²) in [6, 6.07) is 11.4. The van der Waals surface area contributed by atoms with Crippen LogP contribution < -0.4 is 5.43 Å². The van der Waals surface area contributed by atoms with Crippen LogP contribution in [0.25, 0.3) is 11.3 Å². The highest BCUT2D eigenvalue weighted by Gasteiger charge is 2.04. The van der Waals surface area contributed by atoms with Gasteiger partial charge in [-0.3, -0.25) is 0 Å². The van der Waals surface area contributed by atoms with Gasteiger partial charge in [0.25, 0.3) is 0 Å². The van der Waals surface area contributed by atoms with Crippen molar-refractivity contribution in [1.82, 2.24) is 14.9 Å². The third kappa shape index (κ3) is 2.77. The molecule has 0 bridgehead atoms. The van der Waals surface area contributed by atoms with Gasteiger partial charge < -0.3 is 9.84 Å². The molecule has 0 aliphatic heterocycles. The van der Waals surface area contributed by atoms with Crippen LogP contribution in [0.1, 0.15) is 5.76 Å². The van der Waals surface area contributed by atoms with Gasteiger partial charge in [-0.05, 0) is 36.4 Å². The molecule has 3 aromatic rings. The lowest BCUT2D eigenvalue weighted by Crippen LogP contribution is -2.11. The summed E-state index contributed by atoms with van der Waals surface area (Å²) < 4.78 is 7.42. The fourth-order valence-electron chi connectivity index (χ4n) is 1.69. The largest absolute Gasteiger partial charge is 0.459 e. The third-order valence-electron chi connectivity index (χ3n) is 2.65. The van der Waals surface area contributed by atoms with E-state index in [1.54, 1.807) is 17.3 Å². The first-order chi connectivity index (χ1) is 9.31. The molecule has 5 nitrogen and oxygen atoms in total. The molecule has 0 aliphatic carbocycles. The van der Waals surface area contributed by atoms with Crippen molar-refractivity contribution in [2.45, 2.75) is 6.54 Å². The maximum atomic E-state index is 5.86. The van der Waals surface area contributed by atoms with E-state index in [1.807, 2.05) is 36.4 Å². The van der Waals surface area contributed by atoms with Crippen molar-refractivity contribution in [2.24, 2.45) is 0 Å². The number of nitrogens with zero attached hydrogens (tertiary/aromatic N) is 3. The first-order valence-electron chi connectivity index (χ1n) is 5.74. The molecule has 3 rings (SSSR count). The second-order valence-corrected chi connectivity index (χ2v) is 4.41. The van der Waals surface area contributed by atoms with Crippen LogP contribution in [-0.4, -0.2) is 14.9 Å². The lowest BCUT2D eigenvalue weighted by atomic mass is 10.2. The first-order valence-corrected chi connectivity index (χ1v) is 6.12. The van der Waals surface area contributed by atoms with E-state index in [0.29, 0.717) is 11.6 Å². The van der Waals surface area contributed by atoms with Crippen LogP contribution in [0.4, 0.5) is 0 Å². The maximum absolute atomic E-state index is 5.86. The van der Waals surface area contributed by atoms with Crippen LogP contribution in [0.3, 0.4) is 0 Å². The Labute approximate surface area is 114 Å². The second kappa shape index (κ2) is 5.16. The van der Waals surface area contributed by atoms with Crippen molar-refractivity contribution in [3.05, 3.63) is 59.8 Å². The molecule has 0 fully saturated rings. The molecule has 0 saturated carbocycles. The standard InChI is InChI=1S/C13H11ClN4O/c14-11-3-1-10(2-4-11)13-6-5-12(19-13)7-17-18-8-15-16-9-18/h1-6,8-9,17H,7H2. The summed E-state index contributed by atoms with van der Waals surface area (Å²) in [6.45, 7) is 0.561. The third-order valence-corrected chi connectivity index (χ3v) is 2.90. The van der Waals surface area contributed by atoms with Gasteiger partial charge in [-0.15, -0.1) is 10.2 Å². The number of nitrogens with one attached hydrogen (secondary N) is 1. The average Bonchev–Trinajstić information content (AvgIpc) is 3.09. The van der Waals surface area contributed by atoms with E-state index in [1.165, 1.54) is 0 Å². The molecule has 1 aromatic carbocycles. The number of hydrogen-bond acceptors (Lipinski definition) is 4. The summed E-state index contributed by atoms with van der Waals surface area (Å²) in [5.74, 6) is 1.65. The molecule has 0 aliphatic rings. The van der Waals surface area contributed by atoms with Gasteiger partial charge in [0.15, 0.2) is 0 Å². The van der Waals surface area contributed by atoms with E-state index in [2.05, 4.69) is 15.6 Å². The predicted molar refractivity (Wildman–Crippen MR) is 72.2 cm³/mol. The highest BCUT2D eigenvalue weighted by Crippen LogP contribution is 2.23. The minimum atomic E-state index is 0.561. The first kappa shape index (κ1) is 11.8. The van der Waals surface area contributed by atoms with E-state index < -0.39 is 0 Å². The smallest absolute Gasteiger partial charge is 0.138 e. The molecule has 96 valence electrons. The summed E-state index contributed by atoms with van der Waals surface area (Å²) in [5, 5.41) is 8.12. The molecule has 19 heavy (non-hydrogen) atoms. The van der Waals surface area contributed by atoms with Crippen LogP contribution in [-0.2, 0) is 6.54 Å². The molecular weight excluding hydrogens is 264 g/mol. The minimum absolute atomic E-state index is 0.561. The number of halogens is 1. The van der Waals surface area contributed by atoms with Gasteiger partial charge in [0.05, 0.1) is 6.54 Å². The van der Waals surface area contributed by atoms with Gasteiger partial charge in [0.2, 0.25) is 0 Å². The maximum Gasteiger partial charge on any atom is 0.138 e. The highest BCUT2D eigenvalue weighted by atomic mass is 35.5. The van der Waals surface area contributed by atoms with Crippen molar-refractivity contribution >= 4 is 11.6 Å². The number of rotatable bonds is 4. The number of benzene rings is 1. The molecule has 0 saturated heterocycles. The Kier molecular flexibility index (Phi) is 3.20. The van der Waals surface area contributed by atoms with Gasteiger partial charge in [-0.2, -0.15) is 0 Å². The quantitative estimate of drug-likeness (QED) is 0.795. The molecular formula is C13H11ClN4O. The molecule has 0 radical (unpaired) electrons. The second-order valence-electron chi connectivity index (χ2n) is 3.98. The molecule has 0 amide bonds. The Hall–Kier alpha value is -2.27. The van der Waals surface area contributed by atoms with Crippen LogP contribution in [0, 0.1) is 0 Å². The SMILES string of the molecule is Clc1ccc(-c2ccc(CNn3cnnc3)o2)cc1. The summed E-state index contributed by atoms with van der Waals surface area (Å²) in [7, 11) is 0. The Morgan fingerprint density at radius 1 is 1.05 bits per heavy atom. The molecule has 6 heteroatoms. The van der Waals surface area contributed by atoms with Crippen LogP contribution in [0.2, 0.25) is 5.02 Å². The molecule has 2 aromatic heterocycles. The van der Waals surface area contributed by atoms with E-state index in [-0.39, 0.29) is 0 Å². The Morgan fingerprint density at radius 3 is 2.53 bits per heavy atom. The lowest BCUT2D eigenvalue weighted by molar-refractivity contribution is 0.523. The zero-order valence-electron chi connectivity index (χ0n) is 9.95. The molecule has 0 atom stereocenters. The van der Waals surface area contributed by atoms with E-state index in [4.69, 9.17) is 16.0 Å². The minimum Gasteiger partial charge on any atom is -0.459 e. The van der Waals surface area contributed by atoms with E-state index in [0.717, 1.165) is 17.1 Å².